The molecule has 1 unspecified atom stereocenters. The Morgan fingerprint density at radius 3 is 2.82 bits per heavy atom. The Balaban J connectivity index is 1.32. The maximum absolute atomic E-state index is 12.2. The highest BCUT2D eigenvalue weighted by atomic mass is 32.1. The summed E-state index contributed by atoms with van der Waals surface area (Å²) in [5, 5.41) is 26.5. The lowest BCUT2D eigenvalue weighted by atomic mass is 10.1. The quantitative estimate of drug-likeness (QED) is 0.608. The summed E-state index contributed by atoms with van der Waals surface area (Å²) in [6, 6.07) is 6.21. The van der Waals surface area contributed by atoms with Gasteiger partial charge in [-0.1, -0.05) is 33.7 Å². The van der Waals surface area contributed by atoms with Crippen molar-refractivity contribution in [3.63, 3.8) is 0 Å². The predicted octanol–water partition coefficient (Wildman–Crippen LogP) is 2.27. The van der Waals surface area contributed by atoms with E-state index in [9.17, 15) is 4.79 Å². The van der Waals surface area contributed by atoms with Gasteiger partial charge in [0.2, 0.25) is 5.13 Å². The highest BCUT2D eigenvalue weighted by molar-refractivity contribution is 7.18. The van der Waals surface area contributed by atoms with Crippen molar-refractivity contribution in [3.05, 3.63) is 41.2 Å². The number of amides is 2. The fourth-order valence-electron chi connectivity index (χ4n) is 3.24. The van der Waals surface area contributed by atoms with Gasteiger partial charge in [-0.3, -0.25) is 5.32 Å². The van der Waals surface area contributed by atoms with Crippen LogP contribution in [0.5, 0.6) is 0 Å². The molecular formula is C18H22N8OS. The normalized spacial score (nSPS) is 16.3. The van der Waals surface area contributed by atoms with Crippen LogP contribution in [0.4, 0.5) is 9.93 Å². The van der Waals surface area contributed by atoms with Crippen LogP contribution in [0.1, 0.15) is 29.3 Å². The molecule has 10 heteroatoms. The number of nitrogens with one attached hydrogen (secondary N) is 3. The molecule has 1 fully saturated rings. The molecule has 1 atom stereocenters. The lowest BCUT2D eigenvalue weighted by Crippen LogP contribution is -2.28. The van der Waals surface area contributed by atoms with Crippen LogP contribution in [0.15, 0.2) is 24.4 Å². The van der Waals surface area contributed by atoms with Gasteiger partial charge in [0, 0.05) is 12.1 Å². The summed E-state index contributed by atoms with van der Waals surface area (Å²) in [5.41, 5.74) is 4.05. The number of nitrogens with zero attached hydrogens (tertiary/aromatic N) is 5. The monoisotopic (exact) mass is 398 g/mol. The maximum Gasteiger partial charge on any atom is 0.321 e. The predicted molar refractivity (Wildman–Crippen MR) is 107 cm³/mol. The Morgan fingerprint density at radius 2 is 2.07 bits per heavy atom. The average molecular weight is 398 g/mol. The van der Waals surface area contributed by atoms with Crippen LogP contribution in [0.3, 0.4) is 0 Å². The fraction of sp³-hybridized carbons (Fsp3) is 0.389. The van der Waals surface area contributed by atoms with Gasteiger partial charge >= 0.3 is 6.03 Å². The van der Waals surface area contributed by atoms with Crippen LogP contribution in [0.2, 0.25) is 0 Å². The Bertz CT molecular complexity index is 955. The Hall–Kier alpha value is -2.85. The molecule has 4 rings (SSSR count). The van der Waals surface area contributed by atoms with Gasteiger partial charge in [-0.05, 0) is 38.9 Å². The molecule has 1 saturated heterocycles. The second-order valence-electron chi connectivity index (χ2n) is 6.93. The van der Waals surface area contributed by atoms with Gasteiger partial charge in [-0.2, -0.15) is 0 Å². The zero-order chi connectivity index (χ0) is 19.5. The molecule has 1 aromatic carbocycles. The number of rotatable bonds is 5. The van der Waals surface area contributed by atoms with Crippen molar-refractivity contribution < 1.29 is 4.79 Å². The first-order valence-electron chi connectivity index (χ1n) is 9.15. The molecule has 1 aliphatic heterocycles. The molecule has 2 aromatic heterocycles. The van der Waals surface area contributed by atoms with Crippen molar-refractivity contribution in [2.24, 2.45) is 0 Å². The van der Waals surface area contributed by atoms with Crippen molar-refractivity contribution in [1.29, 1.82) is 0 Å². The van der Waals surface area contributed by atoms with Gasteiger partial charge in [-0.25, -0.2) is 9.48 Å². The number of anilines is 1. The zero-order valence-corrected chi connectivity index (χ0v) is 16.6. The molecule has 0 bridgehead atoms. The van der Waals surface area contributed by atoms with Crippen molar-refractivity contribution in [3.8, 4) is 10.6 Å². The van der Waals surface area contributed by atoms with Crippen molar-refractivity contribution in [2.75, 3.05) is 18.4 Å². The van der Waals surface area contributed by atoms with E-state index in [1.54, 1.807) is 0 Å². The van der Waals surface area contributed by atoms with Crippen LogP contribution >= 0.6 is 11.3 Å². The minimum absolute atomic E-state index is 0.300. The number of hydrogen-bond donors (Lipinski definition) is 3. The minimum Gasteiger partial charge on any atom is -0.332 e. The summed E-state index contributed by atoms with van der Waals surface area (Å²) >= 11 is 1.34. The zero-order valence-electron chi connectivity index (χ0n) is 15.8. The van der Waals surface area contributed by atoms with Gasteiger partial charge in [0.05, 0.1) is 18.8 Å². The summed E-state index contributed by atoms with van der Waals surface area (Å²) < 4.78 is 1.86. The molecule has 3 aromatic rings. The Labute approximate surface area is 166 Å². The number of aromatic nitrogens is 5. The second-order valence-corrected chi connectivity index (χ2v) is 7.91. The molecule has 9 nitrogen and oxygen atoms in total. The first-order valence-corrected chi connectivity index (χ1v) is 9.97. The number of carbonyl (C=O) groups excluding carboxylic acids is 1. The van der Waals surface area contributed by atoms with Crippen molar-refractivity contribution in [2.45, 2.75) is 32.9 Å². The van der Waals surface area contributed by atoms with Crippen LogP contribution in [0.25, 0.3) is 10.6 Å². The fourth-order valence-corrected chi connectivity index (χ4v) is 3.96. The molecule has 28 heavy (non-hydrogen) atoms. The highest BCUT2D eigenvalue weighted by Gasteiger charge is 2.18. The van der Waals surface area contributed by atoms with Crippen LogP contribution < -0.4 is 16.0 Å². The van der Waals surface area contributed by atoms with Gasteiger partial charge in [0.1, 0.15) is 10.7 Å². The molecule has 0 radical (unpaired) electrons. The topological polar surface area (TPSA) is 110 Å². The SMILES string of the molecule is Cc1cc(C)cc(-c2nnc(NC(=O)NCc3cn(C4CCNC4)nn3)s2)c1. The van der Waals surface area contributed by atoms with E-state index in [-0.39, 0.29) is 6.03 Å². The summed E-state index contributed by atoms with van der Waals surface area (Å²) in [7, 11) is 0. The Kier molecular flexibility index (Phi) is 5.31. The van der Waals surface area contributed by atoms with Crippen LogP contribution in [0, 0.1) is 13.8 Å². The third-order valence-corrected chi connectivity index (χ3v) is 5.40. The molecule has 146 valence electrons. The summed E-state index contributed by atoms with van der Waals surface area (Å²) in [6.45, 7) is 6.28. The van der Waals surface area contributed by atoms with Crippen molar-refractivity contribution >= 4 is 22.5 Å². The van der Waals surface area contributed by atoms with E-state index in [0.717, 1.165) is 35.8 Å². The minimum atomic E-state index is -0.347. The number of aryl methyl sites for hydroxylation is 2. The van der Waals surface area contributed by atoms with Gasteiger partial charge in [0.25, 0.3) is 0 Å². The lowest BCUT2D eigenvalue weighted by Gasteiger charge is -2.06. The van der Waals surface area contributed by atoms with Gasteiger partial charge < -0.3 is 10.6 Å². The molecule has 0 saturated carbocycles. The number of benzene rings is 1. The van der Waals surface area contributed by atoms with Gasteiger partial charge in [0.15, 0.2) is 0 Å². The highest BCUT2D eigenvalue weighted by Crippen LogP contribution is 2.27. The number of urea groups is 1. The van der Waals surface area contributed by atoms with E-state index in [0.29, 0.717) is 17.7 Å². The van der Waals surface area contributed by atoms with Crippen LogP contribution in [-0.4, -0.2) is 44.3 Å². The largest absolute Gasteiger partial charge is 0.332 e. The summed E-state index contributed by atoms with van der Waals surface area (Å²) in [4.78, 5) is 12.2. The standard InChI is InChI=1S/C18H22N8OS/c1-11-5-12(2)7-13(6-11)16-23-24-18(28-16)21-17(27)20-8-14-10-26(25-22-14)15-3-4-19-9-15/h5-7,10,15,19H,3-4,8-9H2,1-2H3,(H2,20,21,24,27). The molecule has 3 N–H and O–H groups in total. The van der Waals surface area contributed by atoms with E-state index in [4.69, 9.17) is 0 Å². The third-order valence-electron chi connectivity index (χ3n) is 4.51. The molecule has 1 aliphatic rings. The first-order chi connectivity index (χ1) is 13.6. The average Bonchev–Trinajstić information content (AvgIpc) is 3.40. The molecule has 2 amide bonds. The van der Waals surface area contributed by atoms with E-state index < -0.39 is 0 Å². The smallest absolute Gasteiger partial charge is 0.321 e. The lowest BCUT2D eigenvalue weighted by molar-refractivity contribution is 0.251. The Morgan fingerprint density at radius 1 is 1.25 bits per heavy atom. The van der Waals surface area contributed by atoms with Crippen LogP contribution in [-0.2, 0) is 6.54 Å². The molecule has 0 spiro atoms. The van der Waals surface area contributed by atoms with E-state index in [1.807, 2.05) is 24.7 Å². The summed E-state index contributed by atoms with van der Waals surface area (Å²) in [5.74, 6) is 0. The molecule has 0 aliphatic carbocycles. The van der Waals surface area contributed by atoms with E-state index in [1.165, 1.54) is 22.5 Å². The molecule has 3 heterocycles. The van der Waals surface area contributed by atoms with E-state index >= 15 is 0 Å². The van der Waals surface area contributed by atoms with Crippen molar-refractivity contribution in [1.82, 2.24) is 35.8 Å². The second kappa shape index (κ2) is 8.03. The first kappa shape index (κ1) is 18.5. The number of hydrogen-bond acceptors (Lipinski definition) is 7. The summed E-state index contributed by atoms with van der Waals surface area (Å²) in [6.07, 6.45) is 2.91. The number of carbonyl (C=O) groups is 1. The van der Waals surface area contributed by atoms with E-state index in [2.05, 4.69) is 54.7 Å². The van der Waals surface area contributed by atoms with Gasteiger partial charge in [-0.15, -0.1) is 15.3 Å². The maximum atomic E-state index is 12.2. The molecular weight excluding hydrogens is 376 g/mol. The third kappa shape index (κ3) is 4.34.